The molecule has 1 aliphatic heterocycles. The van der Waals surface area contributed by atoms with Gasteiger partial charge < -0.3 is 10.1 Å². The number of benzene rings is 2. The fraction of sp³-hybridized carbons (Fsp3) is 0.381. The lowest BCUT2D eigenvalue weighted by molar-refractivity contribution is -0.123. The van der Waals surface area contributed by atoms with Crippen LogP contribution in [0.3, 0.4) is 0 Å². The van der Waals surface area contributed by atoms with Crippen LogP contribution in [0.15, 0.2) is 42.5 Å². The monoisotopic (exact) mass is 372 g/mol. The number of amides is 1. The van der Waals surface area contributed by atoms with Crippen molar-refractivity contribution in [3.05, 3.63) is 64.2 Å². The Morgan fingerprint density at radius 1 is 1.15 bits per heavy atom. The Morgan fingerprint density at radius 2 is 1.88 bits per heavy atom. The number of rotatable bonds is 7. The summed E-state index contributed by atoms with van der Waals surface area (Å²) < 4.78 is 5.55. The van der Waals surface area contributed by atoms with Gasteiger partial charge in [-0.25, -0.2) is 0 Å². The van der Waals surface area contributed by atoms with E-state index in [2.05, 4.69) is 28.4 Å². The van der Waals surface area contributed by atoms with E-state index in [1.165, 1.54) is 18.4 Å². The van der Waals surface area contributed by atoms with E-state index in [0.717, 1.165) is 30.8 Å². The number of hydrogen-bond acceptors (Lipinski definition) is 3. The van der Waals surface area contributed by atoms with Gasteiger partial charge in [0.05, 0.1) is 0 Å². The fourth-order valence-corrected chi connectivity index (χ4v) is 3.28. The highest BCUT2D eigenvalue weighted by Gasteiger charge is 2.14. The molecule has 2 aromatic carbocycles. The maximum atomic E-state index is 12.1. The molecule has 2 aromatic rings. The Hall–Kier alpha value is -2.04. The molecule has 1 N–H and O–H groups in total. The number of aryl methyl sites for hydroxylation is 1. The summed E-state index contributed by atoms with van der Waals surface area (Å²) in [6.45, 7) is 5.70. The summed E-state index contributed by atoms with van der Waals surface area (Å²) in [5.74, 6) is 0.519. The molecule has 0 unspecified atom stereocenters. The van der Waals surface area contributed by atoms with Crippen LogP contribution in [0.1, 0.15) is 29.5 Å². The molecule has 1 fully saturated rings. The van der Waals surface area contributed by atoms with E-state index in [-0.39, 0.29) is 12.5 Å². The smallest absolute Gasteiger partial charge is 0.258 e. The molecule has 4 nitrogen and oxygen atoms in total. The molecule has 1 saturated heterocycles. The van der Waals surface area contributed by atoms with Gasteiger partial charge >= 0.3 is 0 Å². The van der Waals surface area contributed by atoms with E-state index in [0.29, 0.717) is 17.3 Å². The van der Waals surface area contributed by atoms with Crippen molar-refractivity contribution in [1.29, 1.82) is 0 Å². The highest BCUT2D eigenvalue weighted by Crippen LogP contribution is 2.21. The van der Waals surface area contributed by atoms with E-state index < -0.39 is 0 Å². The lowest BCUT2D eigenvalue weighted by atomic mass is 10.1. The van der Waals surface area contributed by atoms with Crippen LogP contribution in [-0.4, -0.2) is 30.5 Å². The molecule has 26 heavy (non-hydrogen) atoms. The van der Waals surface area contributed by atoms with Crippen LogP contribution in [0, 0.1) is 6.92 Å². The van der Waals surface area contributed by atoms with Gasteiger partial charge in [0.2, 0.25) is 0 Å². The third-order valence-corrected chi connectivity index (χ3v) is 5.11. The zero-order chi connectivity index (χ0) is 18.4. The second kappa shape index (κ2) is 9.06. The third kappa shape index (κ3) is 5.23. The van der Waals surface area contributed by atoms with E-state index in [1.807, 2.05) is 19.1 Å². The molecule has 1 aliphatic rings. The van der Waals surface area contributed by atoms with Gasteiger partial charge in [-0.05, 0) is 67.7 Å². The van der Waals surface area contributed by atoms with Gasteiger partial charge in [0.1, 0.15) is 5.75 Å². The number of carbonyl (C=O) groups is 1. The summed E-state index contributed by atoms with van der Waals surface area (Å²) in [6.07, 6.45) is 2.56. The van der Waals surface area contributed by atoms with Gasteiger partial charge in [0.25, 0.3) is 5.91 Å². The van der Waals surface area contributed by atoms with E-state index in [4.69, 9.17) is 16.3 Å². The average Bonchev–Trinajstić information content (AvgIpc) is 3.15. The van der Waals surface area contributed by atoms with Crippen molar-refractivity contribution < 1.29 is 9.53 Å². The van der Waals surface area contributed by atoms with Gasteiger partial charge in [-0.2, -0.15) is 0 Å². The molecule has 1 amide bonds. The molecule has 3 rings (SSSR count). The molecule has 0 bridgehead atoms. The van der Waals surface area contributed by atoms with Gasteiger partial charge in [-0.1, -0.05) is 35.9 Å². The molecular formula is C21H25ClN2O2. The van der Waals surface area contributed by atoms with Gasteiger partial charge in [0.15, 0.2) is 6.61 Å². The zero-order valence-corrected chi connectivity index (χ0v) is 15.9. The van der Waals surface area contributed by atoms with Crippen molar-refractivity contribution in [2.45, 2.75) is 32.9 Å². The minimum absolute atomic E-state index is 0.00460. The standard InChI is InChI=1S/C21H25ClN2O2/c1-16-12-19(8-9-20(16)22)26-15-21(25)23-13-17-6-2-3-7-18(17)14-24-10-4-5-11-24/h2-3,6-9,12H,4-5,10-11,13-15H2,1H3,(H,23,25). The number of halogens is 1. The predicted molar refractivity (Wildman–Crippen MR) is 104 cm³/mol. The Labute approximate surface area is 160 Å². The highest BCUT2D eigenvalue weighted by molar-refractivity contribution is 6.31. The minimum Gasteiger partial charge on any atom is -0.484 e. The van der Waals surface area contributed by atoms with Crippen LogP contribution >= 0.6 is 11.6 Å². The van der Waals surface area contributed by atoms with Crippen molar-refractivity contribution in [3.8, 4) is 5.75 Å². The summed E-state index contributed by atoms with van der Waals surface area (Å²) in [5, 5.41) is 3.64. The van der Waals surface area contributed by atoms with Crippen molar-refractivity contribution in [2.24, 2.45) is 0 Å². The molecule has 138 valence electrons. The van der Waals surface area contributed by atoms with E-state index in [9.17, 15) is 4.79 Å². The normalized spacial score (nSPS) is 14.4. The van der Waals surface area contributed by atoms with Crippen LogP contribution in [0.4, 0.5) is 0 Å². The Kier molecular flexibility index (Phi) is 6.53. The number of nitrogens with one attached hydrogen (secondary N) is 1. The largest absolute Gasteiger partial charge is 0.484 e. The SMILES string of the molecule is Cc1cc(OCC(=O)NCc2ccccc2CN2CCCC2)ccc1Cl. The number of likely N-dealkylation sites (tertiary alicyclic amines) is 1. The van der Waals surface area contributed by atoms with Crippen molar-refractivity contribution in [2.75, 3.05) is 19.7 Å². The second-order valence-corrected chi connectivity index (χ2v) is 7.14. The zero-order valence-electron chi connectivity index (χ0n) is 15.1. The van der Waals surface area contributed by atoms with Crippen molar-refractivity contribution in [3.63, 3.8) is 0 Å². The minimum atomic E-state index is -0.131. The number of ether oxygens (including phenoxy) is 1. The van der Waals surface area contributed by atoms with Crippen LogP contribution in [0.25, 0.3) is 0 Å². The first-order valence-electron chi connectivity index (χ1n) is 9.06. The first-order chi connectivity index (χ1) is 12.6. The number of hydrogen-bond donors (Lipinski definition) is 1. The molecule has 0 saturated carbocycles. The number of nitrogens with zero attached hydrogens (tertiary/aromatic N) is 1. The fourth-order valence-electron chi connectivity index (χ4n) is 3.17. The Balaban J connectivity index is 1.50. The topological polar surface area (TPSA) is 41.6 Å². The van der Waals surface area contributed by atoms with Gasteiger partial charge in [0, 0.05) is 18.1 Å². The van der Waals surface area contributed by atoms with Crippen LogP contribution in [-0.2, 0) is 17.9 Å². The van der Waals surface area contributed by atoms with Crippen LogP contribution in [0.5, 0.6) is 5.75 Å². The maximum Gasteiger partial charge on any atom is 0.258 e. The molecule has 0 aromatic heterocycles. The molecule has 0 spiro atoms. The lowest BCUT2D eigenvalue weighted by Crippen LogP contribution is -2.29. The van der Waals surface area contributed by atoms with Crippen molar-refractivity contribution in [1.82, 2.24) is 10.2 Å². The van der Waals surface area contributed by atoms with Gasteiger partial charge in [-0.3, -0.25) is 9.69 Å². The lowest BCUT2D eigenvalue weighted by Gasteiger charge is -2.17. The summed E-state index contributed by atoms with van der Waals surface area (Å²) in [6, 6.07) is 13.7. The molecule has 0 aliphatic carbocycles. The first-order valence-corrected chi connectivity index (χ1v) is 9.44. The molecule has 5 heteroatoms. The molecule has 1 heterocycles. The van der Waals surface area contributed by atoms with Crippen LogP contribution in [0.2, 0.25) is 5.02 Å². The number of carbonyl (C=O) groups excluding carboxylic acids is 1. The Bertz CT molecular complexity index is 757. The second-order valence-electron chi connectivity index (χ2n) is 6.73. The Morgan fingerprint density at radius 3 is 2.62 bits per heavy atom. The summed E-state index contributed by atoms with van der Waals surface area (Å²) in [4.78, 5) is 14.6. The first kappa shape index (κ1) is 18.7. The molecular weight excluding hydrogens is 348 g/mol. The highest BCUT2D eigenvalue weighted by atomic mass is 35.5. The quantitative estimate of drug-likeness (QED) is 0.800. The van der Waals surface area contributed by atoms with Crippen molar-refractivity contribution >= 4 is 17.5 Å². The summed E-state index contributed by atoms with van der Waals surface area (Å²) in [7, 11) is 0. The molecule has 0 atom stereocenters. The predicted octanol–water partition coefficient (Wildman–Crippen LogP) is 3.94. The summed E-state index contributed by atoms with van der Waals surface area (Å²) >= 11 is 6.00. The van der Waals surface area contributed by atoms with Crippen LogP contribution < -0.4 is 10.1 Å². The molecule has 0 radical (unpaired) electrons. The van der Waals surface area contributed by atoms with E-state index >= 15 is 0 Å². The summed E-state index contributed by atoms with van der Waals surface area (Å²) in [5.41, 5.74) is 3.37. The third-order valence-electron chi connectivity index (χ3n) is 4.69. The average molecular weight is 373 g/mol. The van der Waals surface area contributed by atoms with E-state index in [1.54, 1.807) is 12.1 Å². The maximum absolute atomic E-state index is 12.1. The van der Waals surface area contributed by atoms with Gasteiger partial charge in [-0.15, -0.1) is 0 Å².